The van der Waals surface area contributed by atoms with Crippen LogP contribution in [0.4, 0.5) is 17.1 Å². The SMILES string of the molecule is COC(=O)c1ccc(N2CCCC2)c(NC(=O)C2CC(=O)N(c3ccc(OC)cc3)C2)c1. The molecule has 0 radical (unpaired) electrons. The standard InChI is InChI=1S/C24H27N3O5/c1-31-19-8-6-18(7-9-19)27-15-17(14-22(27)28)23(29)25-20-13-16(24(30)32-2)5-10-21(20)26-11-3-4-12-26/h5-10,13,17H,3-4,11-12,14-15H2,1-2H3,(H,25,29). The van der Waals surface area contributed by atoms with Crippen molar-refractivity contribution in [2.45, 2.75) is 19.3 Å². The summed E-state index contributed by atoms with van der Waals surface area (Å²) in [6.07, 6.45) is 2.30. The summed E-state index contributed by atoms with van der Waals surface area (Å²) in [5.74, 6) is -0.585. The molecular weight excluding hydrogens is 410 g/mol. The van der Waals surface area contributed by atoms with Crippen LogP contribution >= 0.6 is 0 Å². The van der Waals surface area contributed by atoms with Gasteiger partial charge in [0.2, 0.25) is 11.8 Å². The Balaban J connectivity index is 1.52. The van der Waals surface area contributed by atoms with Gasteiger partial charge in [0, 0.05) is 31.7 Å². The highest BCUT2D eigenvalue weighted by atomic mass is 16.5. The summed E-state index contributed by atoms with van der Waals surface area (Å²) in [4.78, 5) is 41.5. The van der Waals surface area contributed by atoms with Gasteiger partial charge in [-0.2, -0.15) is 0 Å². The van der Waals surface area contributed by atoms with E-state index < -0.39 is 11.9 Å². The molecule has 0 aromatic heterocycles. The van der Waals surface area contributed by atoms with Crippen LogP contribution in [0.15, 0.2) is 42.5 Å². The number of anilines is 3. The average molecular weight is 437 g/mol. The molecule has 4 rings (SSSR count). The number of carbonyl (C=O) groups excluding carboxylic acids is 3. The van der Waals surface area contributed by atoms with E-state index in [0.717, 1.165) is 37.3 Å². The van der Waals surface area contributed by atoms with Crippen LogP contribution in [-0.2, 0) is 14.3 Å². The van der Waals surface area contributed by atoms with Crippen LogP contribution in [-0.4, -0.2) is 51.6 Å². The topological polar surface area (TPSA) is 88.2 Å². The van der Waals surface area contributed by atoms with Crippen LogP contribution in [0, 0.1) is 5.92 Å². The summed E-state index contributed by atoms with van der Waals surface area (Å²) in [7, 11) is 2.91. The number of hydrogen-bond acceptors (Lipinski definition) is 6. The molecule has 0 spiro atoms. The van der Waals surface area contributed by atoms with Crippen LogP contribution in [0.2, 0.25) is 0 Å². The van der Waals surface area contributed by atoms with E-state index in [1.807, 2.05) is 18.2 Å². The molecule has 8 heteroatoms. The smallest absolute Gasteiger partial charge is 0.337 e. The molecule has 2 saturated heterocycles. The van der Waals surface area contributed by atoms with Gasteiger partial charge in [0.25, 0.3) is 0 Å². The predicted molar refractivity (Wildman–Crippen MR) is 121 cm³/mol. The van der Waals surface area contributed by atoms with Crippen molar-refractivity contribution < 1.29 is 23.9 Å². The first-order valence-electron chi connectivity index (χ1n) is 10.7. The molecular formula is C24H27N3O5. The van der Waals surface area contributed by atoms with E-state index in [2.05, 4.69) is 10.2 Å². The van der Waals surface area contributed by atoms with Gasteiger partial charge in [-0.1, -0.05) is 0 Å². The normalized spacial score (nSPS) is 18.1. The molecule has 8 nitrogen and oxygen atoms in total. The van der Waals surface area contributed by atoms with Crippen LogP contribution in [0.1, 0.15) is 29.6 Å². The summed E-state index contributed by atoms with van der Waals surface area (Å²) in [6, 6.07) is 12.4. The molecule has 1 unspecified atom stereocenters. The quantitative estimate of drug-likeness (QED) is 0.699. The minimum atomic E-state index is -0.488. The first kappa shape index (κ1) is 21.7. The van der Waals surface area contributed by atoms with Crippen LogP contribution in [0.3, 0.4) is 0 Å². The van der Waals surface area contributed by atoms with E-state index in [0.29, 0.717) is 23.5 Å². The predicted octanol–water partition coefficient (Wildman–Crippen LogP) is 3.07. The van der Waals surface area contributed by atoms with Gasteiger partial charge < -0.3 is 24.6 Å². The van der Waals surface area contributed by atoms with E-state index in [1.54, 1.807) is 36.3 Å². The summed E-state index contributed by atoms with van der Waals surface area (Å²) >= 11 is 0. The van der Waals surface area contributed by atoms with Crippen molar-refractivity contribution in [3.05, 3.63) is 48.0 Å². The lowest BCUT2D eigenvalue weighted by molar-refractivity contribution is -0.122. The number of methoxy groups -OCH3 is 2. The fourth-order valence-corrected chi connectivity index (χ4v) is 4.24. The lowest BCUT2D eigenvalue weighted by Gasteiger charge is -2.23. The third-order valence-electron chi connectivity index (χ3n) is 6.00. The van der Waals surface area contributed by atoms with Crippen molar-refractivity contribution >= 4 is 34.8 Å². The minimum Gasteiger partial charge on any atom is -0.497 e. The number of ether oxygens (including phenoxy) is 2. The Hall–Kier alpha value is -3.55. The van der Waals surface area contributed by atoms with E-state index in [9.17, 15) is 14.4 Å². The molecule has 1 N–H and O–H groups in total. The van der Waals surface area contributed by atoms with Crippen LogP contribution in [0.5, 0.6) is 5.75 Å². The summed E-state index contributed by atoms with van der Waals surface area (Å²) in [5, 5.41) is 2.97. The molecule has 0 bridgehead atoms. The monoisotopic (exact) mass is 437 g/mol. The molecule has 2 aromatic rings. The lowest BCUT2D eigenvalue weighted by atomic mass is 10.1. The molecule has 32 heavy (non-hydrogen) atoms. The van der Waals surface area contributed by atoms with Crippen molar-refractivity contribution in [3.63, 3.8) is 0 Å². The number of hydrogen-bond donors (Lipinski definition) is 1. The third-order valence-corrected chi connectivity index (χ3v) is 6.00. The van der Waals surface area contributed by atoms with Crippen LogP contribution < -0.4 is 19.9 Å². The molecule has 0 saturated carbocycles. The van der Waals surface area contributed by atoms with Gasteiger partial charge in [0.15, 0.2) is 0 Å². The first-order chi connectivity index (χ1) is 15.5. The van der Waals surface area contributed by atoms with Crippen LogP contribution in [0.25, 0.3) is 0 Å². The molecule has 2 aromatic carbocycles. The first-order valence-corrected chi connectivity index (χ1v) is 10.7. The largest absolute Gasteiger partial charge is 0.497 e. The number of rotatable bonds is 6. The molecule has 0 aliphatic carbocycles. The number of benzene rings is 2. The number of amides is 2. The van der Waals surface area contributed by atoms with Crippen molar-refractivity contribution in [2.75, 3.05) is 49.0 Å². The summed E-state index contributed by atoms with van der Waals surface area (Å²) < 4.78 is 10.00. The van der Waals surface area contributed by atoms with Crippen molar-refractivity contribution in [3.8, 4) is 5.75 Å². The number of carbonyl (C=O) groups is 3. The number of nitrogens with zero attached hydrogens (tertiary/aromatic N) is 2. The second-order valence-corrected chi connectivity index (χ2v) is 8.01. The lowest BCUT2D eigenvalue weighted by Crippen LogP contribution is -2.29. The Morgan fingerprint density at radius 2 is 1.75 bits per heavy atom. The molecule has 2 aliphatic rings. The fraction of sp³-hybridized carbons (Fsp3) is 0.375. The maximum Gasteiger partial charge on any atom is 0.337 e. The van der Waals surface area contributed by atoms with Crippen molar-refractivity contribution in [1.29, 1.82) is 0 Å². The maximum absolute atomic E-state index is 13.1. The molecule has 2 heterocycles. The molecule has 2 aliphatic heterocycles. The number of nitrogens with one attached hydrogen (secondary N) is 1. The summed E-state index contributed by atoms with van der Waals surface area (Å²) in [5.41, 5.74) is 2.54. The van der Waals surface area contributed by atoms with E-state index in [4.69, 9.17) is 9.47 Å². The highest BCUT2D eigenvalue weighted by molar-refractivity contribution is 6.05. The zero-order valence-corrected chi connectivity index (χ0v) is 18.3. The third kappa shape index (κ3) is 4.39. The minimum absolute atomic E-state index is 0.0987. The Labute approximate surface area is 187 Å². The Bertz CT molecular complexity index is 1010. The summed E-state index contributed by atoms with van der Waals surface area (Å²) in [6.45, 7) is 2.09. The van der Waals surface area contributed by atoms with E-state index in [-0.39, 0.29) is 18.2 Å². The fourth-order valence-electron chi connectivity index (χ4n) is 4.24. The van der Waals surface area contributed by atoms with E-state index >= 15 is 0 Å². The molecule has 2 fully saturated rings. The van der Waals surface area contributed by atoms with Gasteiger partial charge in [-0.15, -0.1) is 0 Å². The zero-order chi connectivity index (χ0) is 22.7. The van der Waals surface area contributed by atoms with Gasteiger partial charge in [-0.3, -0.25) is 9.59 Å². The second-order valence-electron chi connectivity index (χ2n) is 8.01. The van der Waals surface area contributed by atoms with Gasteiger partial charge in [-0.25, -0.2) is 4.79 Å². The van der Waals surface area contributed by atoms with E-state index in [1.165, 1.54) is 7.11 Å². The molecule has 168 valence electrons. The van der Waals surface area contributed by atoms with Gasteiger partial charge in [0.05, 0.1) is 37.1 Å². The Morgan fingerprint density at radius 3 is 2.41 bits per heavy atom. The average Bonchev–Trinajstić information content (AvgIpc) is 3.48. The highest BCUT2D eigenvalue weighted by Crippen LogP contribution is 2.32. The van der Waals surface area contributed by atoms with Gasteiger partial charge in [0.1, 0.15) is 5.75 Å². The highest BCUT2D eigenvalue weighted by Gasteiger charge is 2.35. The maximum atomic E-state index is 13.1. The van der Waals surface area contributed by atoms with Gasteiger partial charge >= 0.3 is 5.97 Å². The second kappa shape index (κ2) is 9.30. The Morgan fingerprint density at radius 1 is 1.03 bits per heavy atom. The van der Waals surface area contributed by atoms with Crippen molar-refractivity contribution in [2.24, 2.45) is 5.92 Å². The molecule has 2 amide bonds. The zero-order valence-electron chi connectivity index (χ0n) is 18.3. The number of esters is 1. The Kier molecular flexibility index (Phi) is 6.30. The molecule has 1 atom stereocenters. The van der Waals surface area contributed by atoms with Crippen molar-refractivity contribution in [1.82, 2.24) is 0 Å². The van der Waals surface area contributed by atoms with Gasteiger partial charge in [-0.05, 0) is 55.3 Å².